The summed E-state index contributed by atoms with van der Waals surface area (Å²) >= 11 is 0. The lowest BCUT2D eigenvalue weighted by Gasteiger charge is -2.36. The first-order valence-electron chi connectivity index (χ1n) is 11.1. The lowest BCUT2D eigenvalue weighted by Crippen LogP contribution is -2.50. The number of carbonyl (C=O) groups is 2. The van der Waals surface area contributed by atoms with Crippen molar-refractivity contribution in [2.24, 2.45) is 0 Å². The molecule has 8 nitrogen and oxygen atoms in total. The third kappa shape index (κ3) is 5.03. The minimum Gasteiger partial charge on any atom is -0.419 e. The van der Waals surface area contributed by atoms with Gasteiger partial charge in [0.25, 0.3) is 0 Å². The highest BCUT2D eigenvalue weighted by Gasteiger charge is 2.31. The summed E-state index contributed by atoms with van der Waals surface area (Å²) in [5.41, 5.74) is 3.03. The van der Waals surface area contributed by atoms with E-state index in [1.807, 2.05) is 54.6 Å². The molecule has 9 heteroatoms. The Labute approximate surface area is 201 Å². The maximum absolute atomic E-state index is 13.6. The van der Waals surface area contributed by atoms with Crippen molar-refractivity contribution in [3.05, 3.63) is 102 Å². The van der Waals surface area contributed by atoms with Gasteiger partial charge in [-0.2, -0.15) is 0 Å². The van der Waals surface area contributed by atoms with E-state index in [4.69, 9.17) is 4.42 Å². The molecule has 0 fully saturated rings. The third-order valence-electron chi connectivity index (χ3n) is 5.63. The average molecular weight is 471 g/mol. The van der Waals surface area contributed by atoms with Crippen LogP contribution in [0.5, 0.6) is 0 Å². The quantitative estimate of drug-likeness (QED) is 0.438. The van der Waals surface area contributed by atoms with Crippen molar-refractivity contribution in [1.82, 2.24) is 20.4 Å². The van der Waals surface area contributed by atoms with Crippen LogP contribution >= 0.6 is 0 Å². The zero-order chi connectivity index (χ0) is 24.2. The van der Waals surface area contributed by atoms with Gasteiger partial charge in [0.2, 0.25) is 17.7 Å². The van der Waals surface area contributed by atoms with Crippen LogP contribution in [0.15, 0.2) is 83.3 Å². The Balaban J connectivity index is 1.27. The predicted molar refractivity (Wildman–Crippen MR) is 126 cm³/mol. The minimum atomic E-state index is -0.375. The summed E-state index contributed by atoms with van der Waals surface area (Å²) in [6.45, 7) is 0.450. The first kappa shape index (κ1) is 22.3. The molecule has 176 valence electrons. The Morgan fingerprint density at radius 2 is 1.80 bits per heavy atom. The van der Waals surface area contributed by atoms with Crippen molar-refractivity contribution in [1.29, 1.82) is 0 Å². The Hall–Kier alpha value is -4.53. The second kappa shape index (κ2) is 9.76. The number of anilines is 1. The molecule has 0 aliphatic carbocycles. The minimum absolute atomic E-state index is 0.0371. The summed E-state index contributed by atoms with van der Waals surface area (Å²) in [6.07, 6.45) is 0. The number of amides is 3. The molecule has 0 radical (unpaired) electrons. The summed E-state index contributed by atoms with van der Waals surface area (Å²) < 4.78 is 19.3. The van der Waals surface area contributed by atoms with Crippen LogP contribution in [0.2, 0.25) is 0 Å². The molecule has 5 rings (SSSR count). The highest BCUT2D eigenvalue weighted by atomic mass is 19.1. The van der Waals surface area contributed by atoms with Crippen LogP contribution in [-0.2, 0) is 24.4 Å². The Morgan fingerprint density at radius 1 is 1.00 bits per heavy atom. The molecule has 0 bridgehead atoms. The lowest BCUT2D eigenvalue weighted by molar-refractivity contribution is -0.120. The number of rotatable bonds is 7. The molecule has 1 aromatic heterocycles. The van der Waals surface area contributed by atoms with Crippen molar-refractivity contribution in [2.45, 2.75) is 19.6 Å². The van der Waals surface area contributed by atoms with Crippen LogP contribution in [-0.4, -0.2) is 33.6 Å². The van der Waals surface area contributed by atoms with Gasteiger partial charge in [0, 0.05) is 18.7 Å². The van der Waals surface area contributed by atoms with Crippen LogP contribution in [0.3, 0.4) is 0 Å². The second-order valence-corrected chi connectivity index (χ2v) is 8.13. The normalized spacial score (nSPS) is 13.0. The third-order valence-corrected chi connectivity index (χ3v) is 5.63. The van der Waals surface area contributed by atoms with E-state index in [1.54, 1.807) is 17.0 Å². The fraction of sp³-hybridized carbons (Fsp3) is 0.154. The Bertz CT molecular complexity index is 1360. The zero-order valence-electron chi connectivity index (χ0n) is 18.7. The maximum atomic E-state index is 13.6. The monoisotopic (exact) mass is 471 g/mol. The van der Waals surface area contributed by atoms with Gasteiger partial charge in [-0.1, -0.05) is 48.5 Å². The first-order chi connectivity index (χ1) is 17.1. The fourth-order valence-corrected chi connectivity index (χ4v) is 3.98. The summed E-state index contributed by atoms with van der Waals surface area (Å²) in [5.74, 6) is -0.112. The zero-order valence-corrected chi connectivity index (χ0v) is 18.7. The Morgan fingerprint density at radius 3 is 2.63 bits per heavy atom. The molecular formula is C26H22FN5O3. The van der Waals surface area contributed by atoms with E-state index in [-0.39, 0.29) is 43.3 Å². The van der Waals surface area contributed by atoms with Crippen molar-refractivity contribution in [3.8, 4) is 11.5 Å². The number of fused-ring (bicyclic) bond motifs is 1. The maximum Gasteiger partial charge on any atom is 0.325 e. The van der Waals surface area contributed by atoms with Gasteiger partial charge in [0.05, 0.1) is 12.2 Å². The van der Waals surface area contributed by atoms with Crippen molar-refractivity contribution < 1.29 is 18.4 Å². The molecule has 3 aromatic carbocycles. The van der Waals surface area contributed by atoms with Crippen molar-refractivity contribution in [3.63, 3.8) is 0 Å². The molecule has 0 atom stereocenters. The highest BCUT2D eigenvalue weighted by molar-refractivity contribution is 5.99. The number of hydrogen-bond donors (Lipinski definition) is 1. The molecule has 0 saturated heterocycles. The molecule has 1 aliphatic heterocycles. The first-order valence-corrected chi connectivity index (χ1v) is 11.1. The van der Waals surface area contributed by atoms with E-state index < -0.39 is 0 Å². The van der Waals surface area contributed by atoms with Gasteiger partial charge >= 0.3 is 6.03 Å². The molecule has 1 aliphatic rings. The number of nitrogens with one attached hydrogen (secondary N) is 1. The van der Waals surface area contributed by atoms with Crippen LogP contribution < -0.4 is 10.2 Å². The molecule has 0 unspecified atom stereocenters. The number of hydrogen-bond acceptors (Lipinski definition) is 5. The number of benzene rings is 3. The van der Waals surface area contributed by atoms with Crippen LogP contribution in [0.4, 0.5) is 14.9 Å². The van der Waals surface area contributed by atoms with Crippen LogP contribution in [0.1, 0.15) is 17.0 Å². The standard InChI is InChI=1S/C26H22FN5O3/c27-21-11-6-7-18(13-21)15-31-16-20-10-4-5-12-22(20)32(26(31)34)17-23(33)28-14-24-29-30-25(35-24)19-8-2-1-3-9-19/h1-13H,14-17H2,(H,28,33). The van der Waals surface area contributed by atoms with E-state index in [9.17, 15) is 14.0 Å². The molecule has 3 amide bonds. The highest BCUT2D eigenvalue weighted by Crippen LogP contribution is 2.29. The molecule has 0 saturated carbocycles. The van der Waals surface area contributed by atoms with Gasteiger partial charge in [-0.25, -0.2) is 9.18 Å². The van der Waals surface area contributed by atoms with Crippen molar-refractivity contribution in [2.75, 3.05) is 11.4 Å². The molecular weight excluding hydrogens is 449 g/mol. The van der Waals surface area contributed by atoms with E-state index in [0.29, 0.717) is 23.7 Å². The van der Waals surface area contributed by atoms with Gasteiger partial charge in [-0.3, -0.25) is 9.69 Å². The molecule has 4 aromatic rings. The van der Waals surface area contributed by atoms with Gasteiger partial charge in [-0.05, 0) is 41.5 Å². The molecule has 1 N–H and O–H groups in total. The average Bonchev–Trinajstić information content (AvgIpc) is 3.35. The molecule has 35 heavy (non-hydrogen) atoms. The van der Waals surface area contributed by atoms with Gasteiger partial charge < -0.3 is 14.6 Å². The summed E-state index contributed by atoms with van der Waals surface area (Å²) in [5, 5.41) is 10.7. The van der Waals surface area contributed by atoms with Crippen LogP contribution in [0, 0.1) is 5.82 Å². The van der Waals surface area contributed by atoms with Crippen LogP contribution in [0.25, 0.3) is 11.5 Å². The molecule has 0 spiro atoms. The largest absolute Gasteiger partial charge is 0.419 e. The predicted octanol–water partition coefficient (Wildman–Crippen LogP) is 4.13. The number of carbonyl (C=O) groups excluding carboxylic acids is 2. The van der Waals surface area contributed by atoms with Gasteiger partial charge in [0.15, 0.2) is 0 Å². The fourth-order valence-electron chi connectivity index (χ4n) is 3.98. The number of para-hydroxylation sites is 1. The number of nitrogens with zero attached hydrogens (tertiary/aromatic N) is 4. The van der Waals surface area contributed by atoms with E-state index in [1.165, 1.54) is 17.0 Å². The topological polar surface area (TPSA) is 91.6 Å². The summed E-state index contributed by atoms with van der Waals surface area (Å²) in [4.78, 5) is 29.1. The number of aromatic nitrogens is 2. The number of urea groups is 1. The molecule has 2 heterocycles. The number of halogens is 1. The second-order valence-electron chi connectivity index (χ2n) is 8.13. The van der Waals surface area contributed by atoms with Gasteiger partial charge in [0.1, 0.15) is 12.4 Å². The Kier molecular flexibility index (Phi) is 6.21. The smallest absolute Gasteiger partial charge is 0.325 e. The van der Waals surface area contributed by atoms with Gasteiger partial charge in [-0.15, -0.1) is 10.2 Å². The van der Waals surface area contributed by atoms with Crippen molar-refractivity contribution >= 4 is 17.6 Å². The SMILES string of the molecule is O=C(CN1C(=O)N(Cc2cccc(F)c2)Cc2ccccc21)NCc1nnc(-c2ccccc2)o1. The van der Waals surface area contributed by atoms with E-state index >= 15 is 0 Å². The summed E-state index contributed by atoms with van der Waals surface area (Å²) in [6, 6.07) is 22.6. The van der Waals surface area contributed by atoms with E-state index in [0.717, 1.165) is 11.1 Å². The summed E-state index contributed by atoms with van der Waals surface area (Å²) in [7, 11) is 0. The van der Waals surface area contributed by atoms with E-state index in [2.05, 4.69) is 15.5 Å². The lowest BCUT2D eigenvalue weighted by atomic mass is 10.1.